The first-order valence-electron chi connectivity index (χ1n) is 6.29. The van der Waals surface area contributed by atoms with Crippen molar-refractivity contribution in [2.24, 2.45) is 17.2 Å². The van der Waals surface area contributed by atoms with Crippen molar-refractivity contribution >= 4 is 23.9 Å². The molecule has 0 fully saturated rings. The Morgan fingerprint density at radius 1 is 0.909 bits per heavy atom. The lowest BCUT2D eigenvalue weighted by Crippen LogP contribution is -2.33. The zero-order valence-corrected chi connectivity index (χ0v) is 11.9. The second-order valence-corrected chi connectivity index (χ2v) is 4.26. The third-order valence-corrected chi connectivity index (χ3v) is 2.29. The van der Waals surface area contributed by atoms with Gasteiger partial charge in [0.1, 0.15) is 12.1 Å². The normalized spacial score (nSPS) is 12.3. The molecule has 0 bridgehead atoms. The highest BCUT2D eigenvalue weighted by Crippen LogP contribution is 1.93. The number of hydrogen-bond donors (Lipinski definition) is 7. The van der Waals surface area contributed by atoms with E-state index < -0.39 is 36.0 Å². The molecule has 0 spiro atoms. The minimum atomic E-state index is -1.17. The van der Waals surface area contributed by atoms with Gasteiger partial charge in [0.2, 0.25) is 0 Å². The summed E-state index contributed by atoms with van der Waals surface area (Å²) in [6.45, 7) is 0.357. The van der Waals surface area contributed by atoms with Crippen LogP contribution in [0.15, 0.2) is 0 Å². The SMILES string of the molecule is NC(=O)NCCCC(N)C(=O)O.NC(CCC(=O)O)C(=O)O. The van der Waals surface area contributed by atoms with E-state index in [4.69, 9.17) is 32.5 Å². The van der Waals surface area contributed by atoms with Crippen molar-refractivity contribution < 1.29 is 34.5 Å². The fraction of sp³-hybridized carbons (Fsp3) is 0.636. The standard InChI is InChI=1S/C6H13N3O3.C5H9NO4/c7-4(5(10)11)2-1-3-9-6(8)12;6-3(5(9)10)1-2-4(7)8/h4H,1-3,7H2,(H,10,11)(H3,8,9,12);3H,1-2,6H2,(H,7,8)(H,9,10). The van der Waals surface area contributed by atoms with Crippen molar-refractivity contribution in [2.75, 3.05) is 6.54 Å². The Balaban J connectivity index is 0. The summed E-state index contributed by atoms with van der Waals surface area (Å²) >= 11 is 0. The summed E-state index contributed by atoms with van der Waals surface area (Å²) in [4.78, 5) is 40.2. The number of nitrogens with two attached hydrogens (primary N) is 3. The molecule has 0 aliphatic rings. The van der Waals surface area contributed by atoms with Gasteiger partial charge in [-0.15, -0.1) is 0 Å². The van der Waals surface area contributed by atoms with Gasteiger partial charge in [0.15, 0.2) is 0 Å². The van der Waals surface area contributed by atoms with Gasteiger partial charge in [-0.3, -0.25) is 14.4 Å². The van der Waals surface area contributed by atoms with E-state index in [0.29, 0.717) is 19.4 Å². The molecule has 11 nitrogen and oxygen atoms in total. The first kappa shape index (κ1) is 21.9. The molecule has 0 aromatic rings. The van der Waals surface area contributed by atoms with Crippen LogP contribution in [0.25, 0.3) is 0 Å². The molecule has 0 aromatic heterocycles. The predicted octanol–water partition coefficient (Wildman–Crippen LogP) is -1.89. The number of hydrogen-bond acceptors (Lipinski definition) is 6. The van der Waals surface area contributed by atoms with Crippen LogP contribution in [-0.4, -0.2) is 57.9 Å². The van der Waals surface area contributed by atoms with Crippen molar-refractivity contribution in [3.63, 3.8) is 0 Å². The van der Waals surface area contributed by atoms with Crippen LogP contribution >= 0.6 is 0 Å². The number of nitrogens with one attached hydrogen (secondary N) is 1. The van der Waals surface area contributed by atoms with Crippen LogP contribution in [0.2, 0.25) is 0 Å². The second kappa shape index (κ2) is 12.3. The molecule has 10 N–H and O–H groups in total. The topological polar surface area (TPSA) is 219 Å². The highest BCUT2D eigenvalue weighted by molar-refractivity contribution is 5.74. The van der Waals surface area contributed by atoms with Crippen LogP contribution in [0.3, 0.4) is 0 Å². The second-order valence-electron chi connectivity index (χ2n) is 4.26. The van der Waals surface area contributed by atoms with Crippen molar-refractivity contribution in [1.29, 1.82) is 0 Å². The average Bonchev–Trinajstić information content (AvgIpc) is 2.40. The van der Waals surface area contributed by atoms with Crippen LogP contribution in [-0.2, 0) is 14.4 Å². The summed E-state index contributed by atoms with van der Waals surface area (Å²) in [5, 5.41) is 27.0. The maximum absolute atomic E-state index is 10.2. The predicted molar refractivity (Wildman–Crippen MR) is 74.9 cm³/mol. The Morgan fingerprint density at radius 2 is 1.36 bits per heavy atom. The molecule has 2 unspecified atom stereocenters. The van der Waals surface area contributed by atoms with Crippen LogP contribution in [0.1, 0.15) is 25.7 Å². The molecule has 2 amide bonds. The number of rotatable bonds is 9. The summed E-state index contributed by atoms with van der Waals surface area (Å²) in [6, 6.07) is -2.53. The van der Waals surface area contributed by atoms with Gasteiger partial charge in [-0.05, 0) is 19.3 Å². The minimum absolute atomic E-state index is 0.0231. The molecule has 2 atom stereocenters. The van der Waals surface area contributed by atoms with E-state index in [1.54, 1.807) is 0 Å². The van der Waals surface area contributed by atoms with Crippen molar-refractivity contribution in [3.05, 3.63) is 0 Å². The molecule has 0 saturated carbocycles. The molecule has 0 radical (unpaired) electrons. The summed E-state index contributed by atoms with van der Waals surface area (Å²) in [6.07, 6.45) is 0.615. The number of amides is 2. The van der Waals surface area contributed by atoms with Crippen LogP contribution < -0.4 is 22.5 Å². The molecule has 0 rings (SSSR count). The smallest absolute Gasteiger partial charge is 0.320 e. The lowest BCUT2D eigenvalue weighted by Gasteiger charge is -2.05. The third kappa shape index (κ3) is 15.7. The Bertz CT molecular complexity index is 389. The van der Waals surface area contributed by atoms with Crippen LogP contribution in [0.5, 0.6) is 0 Å². The molecule has 0 aromatic carbocycles. The summed E-state index contributed by atoms with van der Waals surface area (Å²) in [5.74, 6) is -3.23. The van der Waals surface area contributed by atoms with E-state index in [-0.39, 0.29) is 12.8 Å². The van der Waals surface area contributed by atoms with E-state index >= 15 is 0 Å². The van der Waals surface area contributed by atoms with Gasteiger partial charge in [-0.1, -0.05) is 0 Å². The Morgan fingerprint density at radius 3 is 1.73 bits per heavy atom. The van der Waals surface area contributed by atoms with Crippen molar-refractivity contribution in [2.45, 2.75) is 37.8 Å². The largest absolute Gasteiger partial charge is 0.481 e. The molecule has 0 aliphatic heterocycles. The molecular weight excluding hydrogens is 300 g/mol. The molecule has 0 saturated heterocycles. The zero-order chi connectivity index (χ0) is 17.7. The van der Waals surface area contributed by atoms with Crippen molar-refractivity contribution in [1.82, 2.24) is 5.32 Å². The van der Waals surface area contributed by atoms with Gasteiger partial charge >= 0.3 is 23.9 Å². The number of aliphatic carboxylic acids is 3. The van der Waals surface area contributed by atoms with Gasteiger partial charge in [-0.2, -0.15) is 0 Å². The lowest BCUT2D eigenvalue weighted by molar-refractivity contribution is -0.140. The van der Waals surface area contributed by atoms with Gasteiger partial charge in [0, 0.05) is 13.0 Å². The average molecular weight is 322 g/mol. The first-order valence-corrected chi connectivity index (χ1v) is 6.29. The van der Waals surface area contributed by atoms with E-state index in [1.165, 1.54) is 0 Å². The Labute approximate surface area is 126 Å². The number of primary amides is 1. The quantitative estimate of drug-likeness (QED) is 0.235. The maximum Gasteiger partial charge on any atom is 0.320 e. The van der Waals surface area contributed by atoms with Gasteiger partial charge in [-0.25, -0.2) is 4.79 Å². The monoisotopic (exact) mass is 322 g/mol. The third-order valence-electron chi connectivity index (χ3n) is 2.29. The number of carbonyl (C=O) groups excluding carboxylic acids is 1. The van der Waals surface area contributed by atoms with E-state index in [2.05, 4.69) is 5.32 Å². The fourth-order valence-corrected chi connectivity index (χ4v) is 1.06. The molecule has 11 heteroatoms. The molecule has 128 valence electrons. The highest BCUT2D eigenvalue weighted by Gasteiger charge is 2.12. The molecule has 0 aliphatic carbocycles. The Hall–Kier alpha value is -2.40. The van der Waals surface area contributed by atoms with E-state index in [9.17, 15) is 19.2 Å². The number of carboxylic acid groups (broad SMARTS) is 3. The summed E-state index contributed by atoms with van der Waals surface area (Å²) in [7, 11) is 0. The molecule has 22 heavy (non-hydrogen) atoms. The molecule has 0 heterocycles. The van der Waals surface area contributed by atoms with Gasteiger partial charge in [0.25, 0.3) is 0 Å². The van der Waals surface area contributed by atoms with Gasteiger partial charge < -0.3 is 37.8 Å². The minimum Gasteiger partial charge on any atom is -0.481 e. The zero-order valence-electron chi connectivity index (χ0n) is 11.9. The number of urea groups is 1. The maximum atomic E-state index is 10.2. The highest BCUT2D eigenvalue weighted by atomic mass is 16.4. The fourth-order valence-electron chi connectivity index (χ4n) is 1.06. The first-order chi connectivity index (χ1) is 10.1. The number of carboxylic acids is 3. The number of carbonyl (C=O) groups is 4. The summed E-state index contributed by atoms with van der Waals surface area (Å²) < 4.78 is 0. The van der Waals surface area contributed by atoms with Gasteiger partial charge in [0.05, 0.1) is 0 Å². The van der Waals surface area contributed by atoms with E-state index in [0.717, 1.165) is 0 Å². The van der Waals surface area contributed by atoms with E-state index in [1.807, 2.05) is 0 Å². The summed E-state index contributed by atoms with van der Waals surface area (Å²) in [5.41, 5.74) is 15.0. The Kier molecular flexibility index (Phi) is 12.3. The molecular formula is C11H22N4O7. The van der Waals surface area contributed by atoms with Crippen molar-refractivity contribution in [3.8, 4) is 0 Å². The van der Waals surface area contributed by atoms with Crippen LogP contribution in [0.4, 0.5) is 4.79 Å². The lowest BCUT2D eigenvalue weighted by atomic mass is 10.2. The van der Waals surface area contributed by atoms with Crippen LogP contribution in [0, 0.1) is 0 Å².